The zero-order valence-electron chi connectivity index (χ0n) is 12.7. The van der Waals surface area contributed by atoms with Crippen LogP contribution in [0.1, 0.15) is 18.9 Å². The lowest BCUT2D eigenvalue weighted by atomic mass is 9.92. The van der Waals surface area contributed by atoms with Gasteiger partial charge in [0.1, 0.15) is 8.80 Å². The summed E-state index contributed by atoms with van der Waals surface area (Å²) in [6.07, 6.45) is 10.5. The summed E-state index contributed by atoms with van der Waals surface area (Å²) in [5, 5.41) is 3.62. The summed E-state index contributed by atoms with van der Waals surface area (Å²) in [5.74, 6) is 0.659. The van der Waals surface area contributed by atoms with Crippen molar-refractivity contribution >= 4 is 20.6 Å². The first-order valence-electron chi connectivity index (χ1n) is 8.07. The molecule has 2 aliphatic carbocycles. The molecule has 1 aromatic carbocycles. The molecule has 2 heterocycles. The van der Waals surface area contributed by atoms with E-state index in [0.29, 0.717) is 5.92 Å². The molecule has 0 saturated heterocycles. The van der Waals surface area contributed by atoms with Crippen molar-refractivity contribution in [3.05, 3.63) is 91.5 Å². The van der Waals surface area contributed by atoms with Crippen LogP contribution in [0.3, 0.4) is 0 Å². The summed E-state index contributed by atoms with van der Waals surface area (Å²) in [6.45, 7) is 2.31. The van der Waals surface area contributed by atoms with E-state index >= 15 is 0 Å². The van der Waals surface area contributed by atoms with Gasteiger partial charge in [0.25, 0.3) is 0 Å². The molecule has 4 aliphatic rings. The third-order valence-corrected chi connectivity index (χ3v) is 9.56. The molecule has 2 unspecified atom stereocenters. The fraction of sp³-hybridized carbons (Fsp3) is 0.200. The first kappa shape index (κ1) is 13.0. The highest BCUT2D eigenvalue weighted by atomic mass is 32.2. The molecule has 0 aromatic heterocycles. The Morgan fingerprint density at radius 1 is 1.23 bits per heavy atom. The average Bonchev–Trinajstić information content (AvgIpc) is 2.96. The Labute approximate surface area is 137 Å². The minimum atomic E-state index is -0.790. The van der Waals surface area contributed by atoms with Crippen LogP contribution in [0.25, 0.3) is 0 Å². The van der Waals surface area contributed by atoms with Crippen molar-refractivity contribution in [2.75, 3.05) is 0 Å². The highest BCUT2D eigenvalue weighted by molar-refractivity contribution is 8.07. The Morgan fingerprint density at radius 3 is 2.86 bits per heavy atom. The van der Waals surface area contributed by atoms with Gasteiger partial charge >= 0.3 is 0 Å². The first-order valence-corrected chi connectivity index (χ1v) is 10.9. The molecule has 0 nitrogen and oxygen atoms in total. The van der Waals surface area contributed by atoms with Gasteiger partial charge in [-0.2, -0.15) is 0 Å². The summed E-state index contributed by atoms with van der Waals surface area (Å²) >= 11 is 2.03. The highest BCUT2D eigenvalue weighted by Gasteiger charge is 2.51. The molecular formula is C20H18SSi. The van der Waals surface area contributed by atoms with Crippen molar-refractivity contribution in [3.63, 3.8) is 0 Å². The lowest BCUT2D eigenvalue weighted by Crippen LogP contribution is -2.13. The molecular weight excluding hydrogens is 300 g/mol. The number of benzene rings is 1. The van der Waals surface area contributed by atoms with Crippen molar-refractivity contribution in [2.45, 2.75) is 19.4 Å². The highest BCUT2D eigenvalue weighted by Crippen LogP contribution is 2.61. The number of rotatable bonds is 3. The third kappa shape index (κ3) is 1.84. The fourth-order valence-electron chi connectivity index (χ4n) is 4.20. The zero-order valence-corrected chi connectivity index (χ0v) is 14.6. The third-order valence-electron chi connectivity index (χ3n) is 5.23. The predicted molar refractivity (Wildman–Crippen MR) is 98.0 cm³/mol. The van der Waals surface area contributed by atoms with E-state index in [1.807, 2.05) is 17.0 Å². The molecule has 5 rings (SSSR count). The number of fused-ring (bicyclic) bond motifs is 2. The molecule has 0 radical (unpaired) electrons. The second-order valence-electron chi connectivity index (χ2n) is 6.53. The smallest absolute Gasteiger partial charge is 0.0980 e. The van der Waals surface area contributed by atoms with Crippen molar-refractivity contribution in [1.29, 1.82) is 0 Å². The van der Waals surface area contributed by atoms with Gasteiger partial charge in [-0.15, -0.1) is 0 Å². The molecule has 2 heteroatoms. The van der Waals surface area contributed by atoms with Crippen LogP contribution in [0.5, 0.6) is 0 Å². The molecule has 0 saturated carbocycles. The van der Waals surface area contributed by atoms with Crippen LogP contribution in [0.15, 0.2) is 86.0 Å². The van der Waals surface area contributed by atoms with Crippen LogP contribution >= 0.6 is 11.8 Å². The quantitative estimate of drug-likeness (QED) is 0.721. The maximum atomic E-state index is 2.55. The van der Waals surface area contributed by atoms with Gasteiger partial charge < -0.3 is 0 Å². The van der Waals surface area contributed by atoms with E-state index in [1.165, 1.54) is 16.5 Å². The van der Waals surface area contributed by atoms with E-state index in [2.05, 4.69) is 61.6 Å². The van der Waals surface area contributed by atoms with Crippen molar-refractivity contribution in [2.24, 2.45) is 5.92 Å². The lowest BCUT2D eigenvalue weighted by Gasteiger charge is -2.16. The van der Waals surface area contributed by atoms with Crippen molar-refractivity contribution < 1.29 is 0 Å². The summed E-state index contributed by atoms with van der Waals surface area (Å²) in [7, 11) is -0.790. The fourth-order valence-corrected chi connectivity index (χ4v) is 9.23. The number of hydrogen-bond acceptors (Lipinski definition) is 1. The monoisotopic (exact) mass is 318 g/mol. The number of allylic oxidation sites excluding steroid dienone is 10. The van der Waals surface area contributed by atoms with E-state index in [0.717, 1.165) is 6.42 Å². The molecule has 2 aliphatic heterocycles. The first-order chi connectivity index (χ1) is 10.8. The Kier molecular flexibility index (Phi) is 2.80. The molecule has 0 amide bonds. The molecule has 0 spiro atoms. The van der Waals surface area contributed by atoms with Crippen molar-refractivity contribution in [1.82, 2.24) is 0 Å². The van der Waals surface area contributed by atoms with Gasteiger partial charge in [0.05, 0.1) is 0 Å². The van der Waals surface area contributed by atoms with Crippen molar-refractivity contribution in [3.8, 4) is 0 Å². The topological polar surface area (TPSA) is 0 Å². The summed E-state index contributed by atoms with van der Waals surface area (Å²) in [4.78, 5) is 3.15. The SMILES string of the molecule is CC1=C(C2=CC=CC2)C2C(=CC3=C2[SiH]3Cc2ccccc2)S1. The average molecular weight is 319 g/mol. The van der Waals surface area contributed by atoms with Gasteiger partial charge in [-0.1, -0.05) is 82.4 Å². The minimum absolute atomic E-state index is 0.659. The van der Waals surface area contributed by atoms with Crippen LogP contribution in [-0.2, 0) is 6.04 Å². The Morgan fingerprint density at radius 2 is 2.09 bits per heavy atom. The van der Waals surface area contributed by atoms with Crippen LogP contribution in [-0.4, -0.2) is 8.80 Å². The van der Waals surface area contributed by atoms with Crippen LogP contribution < -0.4 is 0 Å². The maximum Gasteiger partial charge on any atom is 0.102 e. The number of thioether (sulfide) groups is 1. The molecule has 22 heavy (non-hydrogen) atoms. The lowest BCUT2D eigenvalue weighted by molar-refractivity contribution is 0.954. The van der Waals surface area contributed by atoms with Crippen LogP contribution in [0, 0.1) is 5.92 Å². The van der Waals surface area contributed by atoms with E-state index in [4.69, 9.17) is 0 Å². The second kappa shape index (κ2) is 4.74. The normalized spacial score (nSPS) is 28.0. The standard InChI is InChI=1S/C20H18SSi/c1-13-18(15-9-5-6-10-15)19-16(21-13)11-17-20(19)22(17)12-14-7-3-2-4-8-14/h2-9,11,19,22H,10,12H2,1H3. The van der Waals surface area contributed by atoms with E-state index in [9.17, 15) is 0 Å². The van der Waals surface area contributed by atoms with Crippen LogP contribution in [0.2, 0.25) is 0 Å². The van der Waals surface area contributed by atoms with E-state index < -0.39 is 8.80 Å². The largest absolute Gasteiger partial charge is 0.102 e. The van der Waals surface area contributed by atoms with Gasteiger partial charge in [0.2, 0.25) is 0 Å². The Hall–Kier alpha value is -1.51. The zero-order chi connectivity index (χ0) is 14.7. The predicted octanol–water partition coefficient (Wildman–Crippen LogP) is 4.80. The minimum Gasteiger partial charge on any atom is -0.0980 e. The Balaban J connectivity index is 1.42. The molecule has 0 N–H and O–H groups in total. The second-order valence-corrected chi connectivity index (χ2v) is 10.6. The van der Waals surface area contributed by atoms with Gasteiger partial charge in [-0.3, -0.25) is 0 Å². The number of hydrogen-bond donors (Lipinski definition) is 0. The summed E-state index contributed by atoms with van der Waals surface area (Å²) < 4.78 is 0. The van der Waals surface area contributed by atoms with Gasteiger partial charge in [0.15, 0.2) is 0 Å². The molecule has 0 bridgehead atoms. The van der Waals surface area contributed by atoms with E-state index in [1.54, 1.807) is 21.2 Å². The van der Waals surface area contributed by atoms with Crippen LogP contribution in [0.4, 0.5) is 0 Å². The van der Waals surface area contributed by atoms with Gasteiger partial charge in [0, 0.05) is 10.8 Å². The molecule has 1 aromatic rings. The molecule has 0 fully saturated rings. The van der Waals surface area contributed by atoms with Gasteiger partial charge in [-0.25, -0.2) is 0 Å². The Bertz CT molecular complexity index is 821. The van der Waals surface area contributed by atoms with Gasteiger partial charge in [-0.05, 0) is 35.4 Å². The molecule has 2 atom stereocenters. The summed E-state index contributed by atoms with van der Waals surface area (Å²) in [6, 6.07) is 12.4. The van der Waals surface area contributed by atoms with E-state index in [-0.39, 0.29) is 0 Å². The summed E-state index contributed by atoms with van der Waals surface area (Å²) in [5.41, 5.74) is 4.74. The molecule has 108 valence electrons. The maximum absolute atomic E-state index is 2.55.